The standard InChI is InChI=1S/C76H148O17P2/c1-9-68(7)54-46-38-30-23-19-15-11-12-16-21-25-32-42-50-58-75(80)92-72(63-87-74(79)57-49-41-35-34-39-47-55-69(8)10-2)65-91-95(84,85)89-61-70(77)60-88-94(82,83)90-64-71(93-76(81)59-51-43-33-27-26-29-37-45-53-67(5)6)62-86-73(78)56-48-40-31-24-20-17-13-14-18-22-28-36-44-52-66(3)4/h66-72,77H,9-65H2,1-8H3,(H,82,83)(H,84,85)/t68?,69?,70-,71-,72-/m1/s1. The summed E-state index contributed by atoms with van der Waals surface area (Å²) >= 11 is 0. The van der Waals surface area contributed by atoms with E-state index in [0.29, 0.717) is 25.7 Å². The van der Waals surface area contributed by atoms with Crippen LogP contribution in [-0.4, -0.2) is 96.7 Å². The lowest BCUT2D eigenvalue weighted by Gasteiger charge is -2.21. The molecule has 0 heterocycles. The van der Waals surface area contributed by atoms with E-state index >= 15 is 0 Å². The third-order valence-electron chi connectivity index (χ3n) is 18.3. The molecular formula is C76H148O17P2. The molecular weight excluding hydrogens is 1250 g/mol. The zero-order valence-corrected chi connectivity index (χ0v) is 64.1. The summed E-state index contributed by atoms with van der Waals surface area (Å²) in [5, 5.41) is 10.6. The van der Waals surface area contributed by atoms with Crippen molar-refractivity contribution in [3.63, 3.8) is 0 Å². The van der Waals surface area contributed by atoms with Gasteiger partial charge in [-0.3, -0.25) is 37.3 Å². The zero-order chi connectivity index (χ0) is 70.3. The highest BCUT2D eigenvalue weighted by Crippen LogP contribution is 2.45. The Morgan fingerprint density at radius 1 is 0.295 bits per heavy atom. The predicted molar refractivity (Wildman–Crippen MR) is 386 cm³/mol. The van der Waals surface area contributed by atoms with Gasteiger partial charge in [-0.2, -0.15) is 0 Å². The van der Waals surface area contributed by atoms with E-state index in [0.717, 1.165) is 120 Å². The van der Waals surface area contributed by atoms with E-state index in [4.69, 9.17) is 37.0 Å². The molecule has 0 radical (unpaired) electrons. The van der Waals surface area contributed by atoms with Gasteiger partial charge in [0.1, 0.15) is 19.3 Å². The van der Waals surface area contributed by atoms with E-state index in [-0.39, 0.29) is 25.7 Å². The van der Waals surface area contributed by atoms with E-state index in [2.05, 4.69) is 55.4 Å². The number of esters is 4. The fourth-order valence-corrected chi connectivity index (χ4v) is 13.1. The Kier molecular flexibility index (Phi) is 64.0. The van der Waals surface area contributed by atoms with Crippen molar-refractivity contribution in [3.8, 4) is 0 Å². The Morgan fingerprint density at radius 3 is 0.747 bits per heavy atom. The molecule has 0 spiro atoms. The molecule has 0 saturated carbocycles. The van der Waals surface area contributed by atoms with Crippen molar-refractivity contribution in [2.45, 2.75) is 401 Å². The number of unbranched alkanes of at least 4 members (excludes halogenated alkanes) is 37. The molecule has 0 aromatic carbocycles. The highest BCUT2D eigenvalue weighted by atomic mass is 31.2. The molecule has 0 saturated heterocycles. The minimum atomic E-state index is -4.96. The van der Waals surface area contributed by atoms with Gasteiger partial charge >= 0.3 is 39.5 Å². The van der Waals surface area contributed by atoms with Crippen LogP contribution in [0.15, 0.2) is 0 Å². The first-order chi connectivity index (χ1) is 45.7. The Balaban J connectivity index is 5.22. The van der Waals surface area contributed by atoms with E-state index in [1.165, 1.54) is 180 Å². The lowest BCUT2D eigenvalue weighted by Crippen LogP contribution is -2.30. The second kappa shape index (κ2) is 65.4. The number of phosphoric ester groups is 2. The summed E-state index contributed by atoms with van der Waals surface area (Å²) < 4.78 is 68.5. The molecule has 0 rings (SSSR count). The van der Waals surface area contributed by atoms with Crippen LogP contribution in [0.25, 0.3) is 0 Å². The summed E-state index contributed by atoms with van der Waals surface area (Å²) in [6.45, 7) is 14.2. The van der Waals surface area contributed by atoms with Crippen molar-refractivity contribution >= 4 is 39.5 Å². The van der Waals surface area contributed by atoms with Crippen molar-refractivity contribution in [2.24, 2.45) is 23.7 Å². The molecule has 4 unspecified atom stereocenters. The van der Waals surface area contributed by atoms with Crippen molar-refractivity contribution < 1.29 is 80.2 Å². The fourth-order valence-electron chi connectivity index (χ4n) is 11.5. The van der Waals surface area contributed by atoms with E-state index in [1.807, 2.05) is 0 Å². The highest BCUT2D eigenvalue weighted by Gasteiger charge is 2.30. The van der Waals surface area contributed by atoms with Gasteiger partial charge < -0.3 is 33.8 Å². The lowest BCUT2D eigenvalue weighted by molar-refractivity contribution is -0.161. The van der Waals surface area contributed by atoms with Gasteiger partial charge in [-0.15, -0.1) is 0 Å². The van der Waals surface area contributed by atoms with Crippen molar-refractivity contribution in [3.05, 3.63) is 0 Å². The number of hydrogen-bond acceptors (Lipinski definition) is 15. The molecule has 17 nitrogen and oxygen atoms in total. The SMILES string of the molecule is CCC(C)CCCCCCCCCCCCCCCCC(=O)O[C@H](COC(=O)CCCCCCCCC(C)CC)COP(=O)(O)OC[C@H](O)COP(=O)(O)OC[C@@H](COC(=O)CCCCCCCCCCCCCCCC(C)C)OC(=O)CCCCCCCCCCC(C)C. The van der Waals surface area contributed by atoms with Crippen LogP contribution in [0, 0.1) is 23.7 Å². The van der Waals surface area contributed by atoms with E-state index in [9.17, 15) is 43.2 Å². The van der Waals surface area contributed by atoms with Gasteiger partial charge in [-0.05, 0) is 49.4 Å². The number of aliphatic hydroxyl groups excluding tert-OH is 1. The second-order valence-electron chi connectivity index (χ2n) is 28.8. The first-order valence-corrected chi connectivity index (χ1v) is 42.3. The maximum absolute atomic E-state index is 13.1. The van der Waals surface area contributed by atoms with E-state index < -0.39 is 97.5 Å². The largest absolute Gasteiger partial charge is 0.472 e. The van der Waals surface area contributed by atoms with Crippen molar-refractivity contribution in [1.82, 2.24) is 0 Å². The zero-order valence-electron chi connectivity index (χ0n) is 62.3. The Morgan fingerprint density at radius 2 is 0.505 bits per heavy atom. The Labute approximate surface area is 581 Å². The quantitative estimate of drug-likeness (QED) is 0.0222. The number of carbonyl (C=O) groups is 4. The molecule has 19 heteroatoms. The van der Waals surface area contributed by atoms with Gasteiger partial charge in [0, 0.05) is 25.7 Å². The third kappa shape index (κ3) is 67.6. The van der Waals surface area contributed by atoms with Crippen LogP contribution in [0.2, 0.25) is 0 Å². The van der Waals surface area contributed by atoms with Gasteiger partial charge in [-0.25, -0.2) is 9.13 Å². The second-order valence-corrected chi connectivity index (χ2v) is 31.7. The van der Waals surface area contributed by atoms with Gasteiger partial charge in [0.2, 0.25) is 0 Å². The maximum atomic E-state index is 13.1. The van der Waals surface area contributed by atoms with Crippen molar-refractivity contribution in [1.29, 1.82) is 0 Å². The summed E-state index contributed by atoms with van der Waals surface area (Å²) in [6, 6.07) is 0. The number of carbonyl (C=O) groups excluding carboxylic acids is 4. The smallest absolute Gasteiger partial charge is 0.462 e. The molecule has 0 aromatic heterocycles. The summed E-state index contributed by atoms with van der Waals surface area (Å²) in [5.41, 5.74) is 0. The molecule has 95 heavy (non-hydrogen) atoms. The molecule has 0 fully saturated rings. The Bertz CT molecular complexity index is 1870. The van der Waals surface area contributed by atoms with Crippen LogP contribution < -0.4 is 0 Å². The molecule has 7 atom stereocenters. The molecule has 0 bridgehead atoms. The predicted octanol–water partition coefficient (Wildman–Crippen LogP) is 22.0. The topological polar surface area (TPSA) is 237 Å². The number of ether oxygens (including phenoxy) is 4. The first-order valence-electron chi connectivity index (χ1n) is 39.3. The monoisotopic (exact) mass is 1400 g/mol. The summed E-state index contributed by atoms with van der Waals surface area (Å²) in [5.74, 6) is 0.963. The molecule has 3 N–H and O–H groups in total. The molecule has 0 aliphatic rings. The first kappa shape index (κ1) is 93.1. The molecule has 564 valence electrons. The summed E-state index contributed by atoms with van der Waals surface area (Å²) in [4.78, 5) is 72.8. The molecule has 0 aromatic rings. The molecule has 0 aliphatic heterocycles. The molecule has 0 aliphatic carbocycles. The normalized spacial score (nSPS) is 14.7. The number of aliphatic hydroxyl groups is 1. The highest BCUT2D eigenvalue weighted by molar-refractivity contribution is 7.47. The van der Waals surface area contributed by atoms with Gasteiger partial charge in [0.05, 0.1) is 26.4 Å². The van der Waals surface area contributed by atoms with Gasteiger partial charge in [-0.1, -0.05) is 331 Å². The fraction of sp³-hybridized carbons (Fsp3) is 0.947. The van der Waals surface area contributed by atoms with Gasteiger partial charge in [0.25, 0.3) is 0 Å². The maximum Gasteiger partial charge on any atom is 0.472 e. The van der Waals surface area contributed by atoms with Crippen LogP contribution in [0.3, 0.4) is 0 Å². The summed E-state index contributed by atoms with van der Waals surface area (Å²) in [7, 11) is -9.91. The van der Waals surface area contributed by atoms with Gasteiger partial charge in [0.15, 0.2) is 12.2 Å². The van der Waals surface area contributed by atoms with Crippen molar-refractivity contribution in [2.75, 3.05) is 39.6 Å². The van der Waals surface area contributed by atoms with Crippen LogP contribution >= 0.6 is 15.6 Å². The minimum absolute atomic E-state index is 0.104. The third-order valence-corrected chi connectivity index (χ3v) is 20.2. The number of hydrogen-bond donors (Lipinski definition) is 3. The average molecular weight is 1400 g/mol. The van der Waals surface area contributed by atoms with Crippen LogP contribution in [-0.2, 0) is 65.4 Å². The summed E-state index contributed by atoms with van der Waals surface area (Å²) in [6.07, 6.45) is 50.0. The number of phosphoric acid groups is 2. The van der Waals surface area contributed by atoms with E-state index in [1.54, 1.807) is 0 Å². The van der Waals surface area contributed by atoms with Crippen LogP contribution in [0.5, 0.6) is 0 Å². The van der Waals surface area contributed by atoms with Crippen LogP contribution in [0.4, 0.5) is 0 Å². The number of rotatable bonds is 73. The Hall–Kier alpha value is -1.94. The average Bonchev–Trinajstić information content (AvgIpc) is 3.56. The lowest BCUT2D eigenvalue weighted by atomic mass is 9.99. The minimum Gasteiger partial charge on any atom is -0.462 e. The molecule has 0 amide bonds. The van der Waals surface area contributed by atoms with Crippen LogP contribution in [0.1, 0.15) is 383 Å².